The van der Waals surface area contributed by atoms with E-state index in [-0.39, 0.29) is 6.10 Å². The molecular weight excluding hydrogens is 178 g/mol. The number of aliphatic hydroxyl groups is 1. The molecular formula is C11H23NO2. The van der Waals surface area contributed by atoms with Gasteiger partial charge in [-0.25, -0.2) is 0 Å². The summed E-state index contributed by atoms with van der Waals surface area (Å²) in [6.07, 6.45) is 4.27. The van der Waals surface area contributed by atoms with E-state index >= 15 is 0 Å². The van der Waals surface area contributed by atoms with Crippen molar-refractivity contribution in [1.82, 2.24) is 5.32 Å². The van der Waals surface area contributed by atoms with Gasteiger partial charge in [-0.2, -0.15) is 0 Å². The van der Waals surface area contributed by atoms with Gasteiger partial charge in [-0.15, -0.1) is 0 Å². The molecule has 3 heteroatoms. The molecule has 3 unspecified atom stereocenters. The molecule has 2 N–H and O–H groups in total. The van der Waals surface area contributed by atoms with Crippen molar-refractivity contribution >= 4 is 0 Å². The fourth-order valence-electron chi connectivity index (χ4n) is 1.92. The quantitative estimate of drug-likeness (QED) is 0.704. The first-order chi connectivity index (χ1) is 6.72. The zero-order valence-corrected chi connectivity index (χ0v) is 9.33. The van der Waals surface area contributed by atoms with Crippen molar-refractivity contribution in [2.45, 2.75) is 57.8 Å². The minimum Gasteiger partial charge on any atom is -0.392 e. The highest BCUT2D eigenvalue weighted by Gasteiger charge is 2.19. The normalized spacial score (nSPS) is 30.2. The molecule has 1 aliphatic heterocycles. The van der Waals surface area contributed by atoms with E-state index in [2.05, 4.69) is 19.2 Å². The van der Waals surface area contributed by atoms with Crippen LogP contribution in [0.2, 0.25) is 0 Å². The molecule has 0 aromatic heterocycles. The molecule has 0 amide bonds. The van der Waals surface area contributed by atoms with Crippen molar-refractivity contribution in [2.24, 2.45) is 0 Å². The lowest BCUT2D eigenvalue weighted by Crippen LogP contribution is -2.41. The molecule has 0 radical (unpaired) electrons. The molecule has 0 saturated carbocycles. The van der Waals surface area contributed by atoms with Crippen LogP contribution in [-0.4, -0.2) is 36.5 Å². The van der Waals surface area contributed by atoms with Crippen LogP contribution < -0.4 is 5.32 Å². The minimum atomic E-state index is -0.182. The average Bonchev–Trinajstić information content (AvgIpc) is 2.15. The Hall–Kier alpha value is -0.120. The zero-order valence-electron chi connectivity index (χ0n) is 9.33. The van der Waals surface area contributed by atoms with E-state index in [1.165, 1.54) is 0 Å². The topological polar surface area (TPSA) is 41.5 Å². The third-order valence-corrected chi connectivity index (χ3v) is 2.75. The van der Waals surface area contributed by atoms with Gasteiger partial charge in [0.1, 0.15) is 0 Å². The van der Waals surface area contributed by atoms with Gasteiger partial charge in [0.25, 0.3) is 0 Å². The molecule has 0 bridgehead atoms. The number of nitrogens with one attached hydrogen (secondary N) is 1. The summed E-state index contributed by atoms with van der Waals surface area (Å²) in [6, 6.07) is 0.533. The summed E-state index contributed by atoms with van der Waals surface area (Å²) in [5, 5.41) is 13.0. The van der Waals surface area contributed by atoms with Crippen LogP contribution in [0.1, 0.15) is 39.5 Å². The summed E-state index contributed by atoms with van der Waals surface area (Å²) in [6.45, 7) is 5.78. The lowest BCUT2D eigenvalue weighted by Gasteiger charge is -2.28. The van der Waals surface area contributed by atoms with Crippen molar-refractivity contribution in [3.8, 4) is 0 Å². The van der Waals surface area contributed by atoms with Crippen molar-refractivity contribution in [1.29, 1.82) is 0 Å². The first kappa shape index (κ1) is 12.0. The third kappa shape index (κ3) is 4.40. The Morgan fingerprint density at radius 1 is 1.57 bits per heavy atom. The fourth-order valence-corrected chi connectivity index (χ4v) is 1.92. The lowest BCUT2D eigenvalue weighted by molar-refractivity contribution is 0.0108. The van der Waals surface area contributed by atoms with Crippen LogP contribution in [0, 0.1) is 0 Å². The maximum Gasteiger partial charge on any atom is 0.0664 e. The zero-order chi connectivity index (χ0) is 10.4. The average molecular weight is 201 g/mol. The molecule has 0 spiro atoms. The molecule has 1 saturated heterocycles. The van der Waals surface area contributed by atoms with Gasteiger partial charge >= 0.3 is 0 Å². The summed E-state index contributed by atoms with van der Waals surface area (Å²) in [7, 11) is 0. The third-order valence-electron chi connectivity index (χ3n) is 2.75. The summed E-state index contributed by atoms with van der Waals surface area (Å²) in [5.41, 5.74) is 0. The predicted molar refractivity (Wildman–Crippen MR) is 57.4 cm³/mol. The van der Waals surface area contributed by atoms with Gasteiger partial charge in [0.2, 0.25) is 0 Å². The monoisotopic (exact) mass is 201 g/mol. The van der Waals surface area contributed by atoms with E-state index in [0.29, 0.717) is 12.1 Å². The van der Waals surface area contributed by atoms with Crippen molar-refractivity contribution < 1.29 is 9.84 Å². The minimum absolute atomic E-state index is 0.182. The molecule has 0 aromatic rings. The maximum absolute atomic E-state index is 9.55. The predicted octanol–water partition coefficient (Wildman–Crippen LogP) is 1.30. The van der Waals surface area contributed by atoms with E-state index in [1.807, 2.05) is 0 Å². The highest BCUT2D eigenvalue weighted by atomic mass is 16.5. The van der Waals surface area contributed by atoms with Crippen LogP contribution in [0.25, 0.3) is 0 Å². The molecule has 0 aliphatic carbocycles. The van der Waals surface area contributed by atoms with Gasteiger partial charge in [0.15, 0.2) is 0 Å². The first-order valence-electron chi connectivity index (χ1n) is 5.75. The van der Waals surface area contributed by atoms with E-state index in [4.69, 9.17) is 4.74 Å². The second kappa shape index (κ2) is 6.38. The second-order valence-electron chi connectivity index (χ2n) is 4.25. The van der Waals surface area contributed by atoms with Gasteiger partial charge in [0.05, 0.1) is 12.2 Å². The Balaban J connectivity index is 2.10. The molecule has 1 heterocycles. The largest absolute Gasteiger partial charge is 0.392 e. The SMILES string of the molecule is CCCC(O)CNC1CCOC(C)C1. The molecule has 1 aliphatic rings. The van der Waals surface area contributed by atoms with Crippen molar-refractivity contribution in [2.75, 3.05) is 13.2 Å². The summed E-state index contributed by atoms with van der Waals surface area (Å²) in [4.78, 5) is 0. The number of hydrogen-bond acceptors (Lipinski definition) is 3. The van der Waals surface area contributed by atoms with Crippen LogP contribution in [0.5, 0.6) is 0 Å². The number of aliphatic hydroxyl groups excluding tert-OH is 1. The van der Waals surface area contributed by atoms with E-state index in [1.54, 1.807) is 0 Å². The van der Waals surface area contributed by atoms with E-state index in [0.717, 1.165) is 38.8 Å². The molecule has 0 aromatic carbocycles. The van der Waals surface area contributed by atoms with Crippen LogP contribution >= 0.6 is 0 Å². The van der Waals surface area contributed by atoms with Gasteiger partial charge in [-0.05, 0) is 26.2 Å². The van der Waals surface area contributed by atoms with Gasteiger partial charge < -0.3 is 15.2 Å². The Kier molecular flexibility index (Phi) is 5.45. The molecule has 84 valence electrons. The van der Waals surface area contributed by atoms with Gasteiger partial charge in [-0.3, -0.25) is 0 Å². The number of ether oxygens (including phenoxy) is 1. The smallest absolute Gasteiger partial charge is 0.0664 e. The summed E-state index contributed by atoms with van der Waals surface area (Å²) >= 11 is 0. The van der Waals surface area contributed by atoms with Crippen molar-refractivity contribution in [3.05, 3.63) is 0 Å². The van der Waals surface area contributed by atoms with Gasteiger partial charge in [-0.1, -0.05) is 13.3 Å². The first-order valence-corrected chi connectivity index (χ1v) is 5.75. The van der Waals surface area contributed by atoms with E-state index in [9.17, 15) is 5.11 Å². The Labute approximate surface area is 86.8 Å². The molecule has 3 nitrogen and oxygen atoms in total. The number of hydrogen-bond donors (Lipinski definition) is 2. The van der Waals surface area contributed by atoms with Gasteiger partial charge in [0, 0.05) is 19.2 Å². The molecule has 1 rings (SSSR count). The second-order valence-corrected chi connectivity index (χ2v) is 4.25. The Morgan fingerprint density at radius 3 is 3.00 bits per heavy atom. The van der Waals surface area contributed by atoms with Crippen LogP contribution in [0.4, 0.5) is 0 Å². The lowest BCUT2D eigenvalue weighted by atomic mass is 10.0. The standard InChI is InChI=1S/C11H23NO2/c1-3-4-11(13)8-12-10-5-6-14-9(2)7-10/h9-13H,3-8H2,1-2H3. The highest BCUT2D eigenvalue weighted by Crippen LogP contribution is 2.13. The highest BCUT2D eigenvalue weighted by molar-refractivity contribution is 4.75. The summed E-state index contributed by atoms with van der Waals surface area (Å²) < 4.78 is 5.46. The Bertz CT molecular complexity index is 152. The van der Waals surface area contributed by atoms with Crippen LogP contribution in [-0.2, 0) is 4.74 Å². The molecule has 14 heavy (non-hydrogen) atoms. The van der Waals surface area contributed by atoms with E-state index < -0.39 is 0 Å². The van der Waals surface area contributed by atoms with Crippen LogP contribution in [0.15, 0.2) is 0 Å². The van der Waals surface area contributed by atoms with Crippen molar-refractivity contribution in [3.63, 3.8) is 0 Å². The Morgan fingerprint density at radius 2 is 2.36 bits per heavy atom. The maximum atomic E-state index is 9.55. The molecule has 3 atom stereocenters. The van der Waals surface area contributed by atoms with Crippen LogP contribution in [0.3, 0.4) is 0 Å². The fraction of sp³-hybridized carbons (Fsp3) is 1.00. The summed E-state index contributed by atoms with van der Waals surface area (Å²) in [5.74, 6) is 0. The molecule has 1 fully saturated rings. The number of rotatable bonds is 5.